The van der Waals surface area contributed by atoms with E-state index in [9.17, 15) is 9.90 Å². The van der Waals surface area contributed by atoms with E-state index in [0.717, 1.165) is 11.3 Å². The van der Waals surface area contributed by atoms with Crippen LogP contribution < -0.4 is 4.74 Å². The first kappa shape index (κ1) is 14.0. The van der Waals surface area contributed by atoms with Crippen LogP contribution in [0.5, 0.6) is 11.5 Å². The SMILES string of the molecule is CC[C@H]1c2ccccc2Oc2ccc(Cl)cc2[C@@H]1C(=O)O. The molecule has 21 heavy (non-hydrogen) atoms. The molecule has 0 fully saturated rings. The summed E-state index contributed by atoms with van der Waals surface area (Å²) in [7, 11) is 0. The van der Waals surface area contributed by atoms with Crippen molar-refractivity contribution < 1.29 is 14.6 Å². The number of hydrogen-bond acceptors (Lipinski definition) is 2. The first-order valence-electron chi connectivity index (χ1n) is 6.91. The van der Waals surface area contributed by atoms with Gasteiger partial charge in [-0.3, -0.25) is 4.79 Å². The maximum absolute atomic E-state index is 11.9. The summed E-state index contributed by atoms with van der Waals surface area (Å²) in [5.74, 6) is -0.372. The molecule has 2 atom stereocenters. The zero-order valence-electron chi connectivity index (χ0n) is 11.5. The molecule has 1 N–H and O–H groups in total. The number of para-hydroxylation sites is 1. The Balaban J connectivity index is 2.27. The molecule has 0 bridgehead atoms. The van der Waals surface area contributed by atoms with Crippen LogP contribution in [0.2, 0.25) is 5.02 Å². The maximum atomic E-state index is 11.9. The fraction of sp³-hybridized carbons (Fsp3) is 0.235. The third-order valence-electron chi connectivity index (χ3n) is 3.95. The summed E-state index contributed by atoms with van der Waals surface area (Å²) >= 11 is 6.05. The highest BCUT2D eigenvalue weighted by Crippen LogP contribution is 2.48. The summed E-state index contributed by atoms with van der Waals surface area (Å²) in [6, 6.07) is 12.8. The Bertz CT molecular complexity index is 696. The number of ether oxygens (including phenoxy) is 1. The van der Waals surface area contributed by atoms with E-state index in [-0.39, 0.29) is 5.92 Å². The van der Waals surface area contributed by atoms with Gasteiger partial charge < -0.3 is 9.84 Å². The topological polar surface area (TPSA) is 46.5 Å². The van der Waals surface area contributed by atoms with Gasteiger partial charge in [-0.1, -0.05) is 36.7 Å². The first-order chi connectivity index (χ1) is 10.1. The largest absolute Gasteiger partial charge is 0.481 e. The second-order valence-corrected chi connectivity index (χ2v) is 5.59. The quantitative estimate of drug-likeness (QED) is 0.866. The molecule has 0 aliphatic carbocycles. The average Bonchev–Trinajstić information content (AvgIpc) is 2.60. The highest BCUT2D eigenvalue weighted by molar-refractivity contribution is 6.30. The zero-order chi connectivity index (χ0) is 15.0. The number of fused-ring (bicyclic) bond motifs is 2. The molecular formula is C17H15ClO3. The van der Waals surface area contributed by atoms with Crippen LogP contribution in [0.15, 0.2) is 42.5 Å². The number of hydrogen-bond donors (Lipinski definition) is 1. The fourth-order valence-corrected chi connectivity index (χ4v) is 3.19. The molecule has 108 valence electrons. The van der Waals surface area contributed by atoms with Crippen molar-refractivity contribution in [3.8, 4) is 11.5 Å². The van der Waals surface area contributed by atoms with Gasteiger partial charge in [0, 0.05) is 16.5 Å². The lowest BCUT2D eigenvalue weighted by Crippen LogP contribution is -2.19. The average molecular weight is 303 g/mol. The zero-order valence-corrected chi connectivity index (χ0v) is 12.3. The van der Waals surface area contributed by atoms with Crippen LogP contribution in [0.3, 0.4) is 0 Å². The number of halogens is 1. The van der Waals surface area contributed by atoms with E-state index in [0.29, 0.717) is 22.8 Å². The Morgan fingerprint density at radius 3 is 2.62 bits per heavy atom. The third-order valence-corrected chi connectivity index (χ3v) is 4.19. The van der Waals surface area contributed by atoms with Gasteiger partial charge in [0.2, 0.25) is 0 Å². The van der Waals surface area contributed by atoms with Crippen LogP contribution in [-0.4, -0.2) is 11.1 Å². The Kier molecular flexibility index (Phi) is 3.60. The Hall–Kier alpha value is -2.00. The van der Waals surface area contributed by atoms with Gasteiger partial charge in [0.1, 0.15) is 11.5 Å². The number of carbonyl (C=O) groups is 1. The molecule has 0 unspecified atom stereocenters. The summed E-state index contributed by atoms with van der Waals surface area (Å²) in [4.78, 5) is 11.9. The lowest BCUT2D eigenvalue weighted by atomic mass is 9.80. The van der Waals surface area contributed by atoms with Gasteiger partial charge in [0.15, 0.2) is 0 Å². The van der Waals surface area contributed by atoms with Crippen LogP contribution in [0.4, 0.5) is 0 Å². The number of carboxylic acid groups (broad SMARTS) is 1. The molecule has 0 radical (unpaired) electrons. The van der Waals surface area contributed by atoms with Crippen LogP contribution in [-0.2, 0) is 4.79 Å². The minimum Gasteiger partial charge on any atom is -0.481 e. The van der Waals surface area contributed by atoms with Crippen molar-refractivity contribution in [3.63, 3.8) is 0 Å². The third kappa shape index (κ3) is 2.38. The van der Waals surface area contributed by atoms with Gasteiger partial charge in [-0.25, -0.2) is 0 Å². The minimum atomic E-state index is -0.856. The predicted octanol–water partition coefficient (Wildman–Crippen LogP) is 4.81. The highest BCUT2D eigenvalue weighted by atomic mass is 35.5. The summed E-state index contributed by atoms with van der Waals surface area (Å²) < 4.78 is 5.95. The lowest BCUT2D eigenvalue weighted by Gasteiger charge is -2.22. The van der Waals surface area contributed by atoms with Crippen LogP contribution in [0.25, 0.3) is 0 Å². The summed E-state index contributed by atoms with van der Waals surface area (Å²) in [5.41, 5.74) is 1.57. The van der Waals surface area contributed by atoms with Crippen LogP contribution in [0.1, 0.15) is 36.3 Å². The van der Waals surface area contributed by atoms with Gasteiger partial charge >= 0.3 is 5.97 Å². The molecule has 2 aromatic rings. The molecule has 0 aromatic heterocycles. The minimum absolute atomic E-state index is 0.140. The molecular weight excluding hydrogens is 288 g/mol. The fourth-order valence-electron chi connectivity index (χ4n) is 3.01. The van der Waals surface area contributed by atoms with Gasteiger partial charge in [-0.15, -0.1) is 0 Å². The molecule has 4 heteroatoms. The molecule has 0 amide bonds. The van der Waals surface area contributed by atoms with E-state index >= 15 is 0 Å². The summed E-state index contributed by atoms with van der Waals surface area (Å²) in [6.45, 7) is 1.99. The van der Waals surface area contributed by atoms with Gasteiger partial charge in [-0.2, -0.15) is 0 Å². The van der Waals surface area contributed by atoms with Crippen LogP contribution in [0, 0.1) is 0 Å². The Morgan fingerprint density at radius 2 is 1.90 bits per heavy atom. The number of carboxylic acids is 1. The predicted molar refractivity (Wildman–Crippen MR) is 81.4 cm³/mol. The Labute approximate surface area is 128 Å². The first-order valence-corrected chi connectivity index (χ1v) is 7.28. The number of benzene rings is 2. The van der Waals surface area contributed by atoms with Crippen molar-refractivity contribution in [1.29, 1.82) is 0 Å². The second kappa shape index (κ2) is 5.41. The molecule has 0 spiro atoms. The monoisotopic (exact) mass is 302 g/mol. The van der Waals surface area contributed by atoms with Crippen molar-refractivity contribution in [2.45, 2.75) is 25.2 Å². The van der Waals surface area contributed by atoms with E-state index in [2.05, 4.69) is 0 Å². The molecule has 3 nitrogen and oxygen atoms in total. The molecule has 2 aromatic carbocycles. The molecule has 3 rings (SSSR count). The van der Waals surface area contributed by atoms with E-state index in [1.807, 2.05) is 31.2 Å². The van der Waals surface area contributed by atoms with Crippen molar-refractivity contribution in [3.05, 3.63) is 58.6 Å². The maximum Gasteiger partial charge on any atom is 0.311 e. The highest BCUT2D eigenvalue weighted by Gasteiger charge is 2.36. The lowest BCUT2D eigenvalue weighted by molar-refractivity contribution is -0.139. The molecule has 1 aliphatic heterocycles. The second-order valence-electron chi connectivity index (χ2n) is 5.15. The van der Waals surface area contributed by atoms with Crippen molar-refractivity contribution >= 4 is 17.6 Å². The molecule has 1 heterocycles. The van der Waals surface area contributed by atoms with Crippen molar-refractivity contribution in [1.82, 2.24) is 0 Å². The van der Waals surface area contributed by atoms with E-state index in [4.69, 9.17) is 16.3 Å². The van der Waals surface area contributed by atoms with Gasteiger partial charge in [0.05, 0.1) is 5.92 Å². The van der Waals surface area contributed by atoms with E-state index in [1.54, 1.807) is 18.2 Å². The van der Waals surface area contributed by atoms with Gasteiger partial charge in [-0.05, 0) is 36.2 Å². The number of rotatable bonds is 2. The van der Waals surface area contributed by atoms with Crippen LogP contribution >= 0.6 is 11.6 Å². The standard InChI is InChI=1S/C17H15ClO3/c1-2-11-12-5-3-4-6-14(12)21-15-8-7-10(18)9-13(15)16(11)17(19)20/h3-9,11,16H,2H2,1H3,(H,19,20)/t11-,16+/m0/s1. The normalized spacial score (nSPS) is 19.9. The smallest absolute Gasteiger partial charge is 0.311 e. The molecule has 0 saturated carbocycles. The van der Waals surface area contributed by atoms with E-state index < -0.39 is 11.9 Å². The molecule has 1 aliphatic rings. The van der Waals surface area contributed by atoms with Gasteiger partial charge in [0.25, 0.3) is 0 Å². The molecule has 0 saturated heterocycles. The van der Waals surface area contributed by atoms with Crippen molar-refractivity contribution in [2.75, 3.05) is 0 Å². The summed E-state index contributed by atoms with van der Waals surface area (Å²) in [6.07, 6.45) is 0.712. The van der Waals surface area contributed by atoms with Crippen molar-refractivity contribution in [2.24, 2.45) is 0 Å². The van der Waals surface area contributed by atoms with E-state index in [1.165, 1.54) is 0 Å². The Morgan fingerprint density at radius 1 is 1.19 bits per heavy atom. The summed E-state index contributed by atoms with van der Waals surface area (Å²) in [5, 5.41) is 10.2. The number of aliphatic carboxylic acids is 1.